The molecule has 0 radical (unpaired) electrons. The van der Waals surface area contributed by atoms with Crippen LogP contribution in [0.3, 0.4) is 0 Å². The van der Waals surface area contributed by atoms with Gasteiger partial charge in [0.2, 0.25) is 10.0 Å². The summed E-state index contributed by atoms with van der Waals surface area (Å²) in [4.78, 5) is 4.25. The second kappa shape index (κ2) is 6.45. The predicted molar refractivity (Wildman–Crippen MR) is 88.2 cm³/mol. The molecule has 1 atom stereocenters. The van der Waals surface area contributed by atoms with E-state index in [-0.39, 0.29) is 11.3 Å². The number of hydrogen-bond donors (Lipinski definition) is 2. The molecule has 0 aliphatic rings. The standard InChI is InChI=1S/C17H16N2O3S/c20-17(12-13-6-2-1-3-7-13)19-23(21,22)16-10-4-9-15-14(16)8-5-11-18-15/h1-11,17,19-20H,12H2. The van der Waals surface area contributed by atoms with E-state index in [1.807, 2.05) is 30.3 Å². The van der Waals surface area contributed by atoms with Gasteiger partial charge in [0.15, 0.2) is 0 Å². The normalized spacial score (nSPS) is 13.1. The molecule has 2 N–H and O–H groups in total. The summed E-state index contributed by atoms with van der Waals surface area (Å²) in [5.41, 5.74) is 1.44. The number of aliphatic hydroxyl groups is 1. The molecule has 5 nitrogen and oxygen atoms in total. The molecule has 1 aromatic heterocycles. The van der Waals surface area contributed by atoms with Crippen molar-refractivity contribution in [3.05, 3.63) is 72.4 Å². The van der Waals surface area contributed by atoms with Crippen LogP contribution < -0.4 is 4.72 Å². The molecule has 0 saturated carbocycles. The fourth-order valence-electron chi connectivity index (χ4n) is 2.43. The molecule has 0 saturated heterocycles. The molecule has 0 aliphatic carbocycles. The third-order valence-corrected chi connectivity index (χ3v) is 4.98. The minimum Gasteiger partial charge on any atom is -0.377 e. The fraction of sp³-hybridized carbons (Fsp3) is 0.118. The SMILES string of the molecule is O=S(=O)(NC(O)Cc1ccccc1)c1cccc2ncccc12. The number of benzene rings is 2. The predicted octanol–water partition coefficient (Wildman–Crippen LogP) is 2.07. The summed E-state index contributed by atoms with van der Waals surface area (Å²) in [5.74, 6) is 0. The first-order chi connectivity index (χ1) is 11.1. The quantitative estimate of drug-likeness (QED) is 0.703. The maximum Gasteiger partial charge on any atom is 0.243 e. The average Bonchev–Trinajstić information content (AvgIpc) is 2.54. The van der Waals surface area contributed by atoms with E-state index in [4.69, 9.17) is 0 Å². The molecular weight excluding hydrogens is 312 g/mol. The number of fused-ring (bicyclic) bond motifs is 1. The highest BCUT2D eigenvalue weighted by Gasteiger charge is 2.21. The van der Waals surface area contributed by atoms with Gasteiger partial charge >= 0.3 is 0 Å². The number of pyridine rings is 1. The van der Waals surface area contributed by atoms with E-state index in [1.165, 1.54) is 6.07 Å². The number of rotatable bonds is 5. The number of aromatic nitrogens is 1. The van der Waals surface area contributed by atoms with Crippen molar-refractivity contribution in [3.63, 3.8) is 0 Å². The van der Waals surface area contributed by atoms with Gasteiger partial charge in [0.25, 0.3) is 0 Å². The van der Waals surface area contributed by atoms with Crippen LogP contribution in [0, 0.1) is 0 Å². The third kappa shape index (κ3) is 3.56. The lowest BCUT2D eigenvalue weighted by atomic mass is 10.1. The lowest BCUT2D eigenvalue weighted by Crippen LogP contribution is -2.36. The van der Waals surface area contributed by atoms with Crippen LogP contribution in [0.25, 0.3) is 10.9 Å². The van der Waals surface area contributed by atoms with E-state index in [0.29, 0.717) is 10.9 Å². The first kappa shape index (κ1) is 15.6. The highest BCUT2D eigenvalue weighted by Crippen LogP contribution is 2.21. The molecule has 0 spiro atoms. The van der Waals surface area contributed by atoms with E-state index in [1.54, 1.807) is 30.5 Å². The molecule has 0 amide bonds. The molecule has 0 bridgehead atoms. The van der Waals surface area contributed by atoms with Crippen LogP contribution in [0.15, 0.2) is 71.8 Å². The van der Waals surface area contributed by atoms with Crippen molar-refractivity contribution >= 4 is 20.9 Å². The smallest absolute Gasteiger partial charge is 0.243 e. The van der Waals surface area contributed by atoms with Gasteiger partial charge in [-0.25, -0.2) is 8.42 Å². The zero-order valence-electron chi connectivity index (χ0n) is 12.3. The molecule has 3 aromatic rings. The minimum absolute atomic E-state index is 0.107. The number of aliphatic hydroxyl groups excluding tert-OH is 1. The van der Waals surface area contributed by atoms with Gasteiger partial charge in [0.1, 0.15) is 6.23 Å². The van der Waals surface area contributed by atoms with Crippen molar-refractivity contribution in [3.8, 4) is 0 Å². The van der Waals surface area contributed by atoms with Crippen LogP contribution >= 0.6 is 0 Å². The highest BCUT2D eigenvalue weighted by atomic mass is 32.2. The summed E-state index contributed by atoms with van der Waals surface area (Å²) in [5, 5.41) is 10.6. The van der Waals surface area contributed by atoms with Crippen molar-refractivity contribution in [2.45, 2.75) is 17.5 Å². The van der Waals surface area contributed by atoms with E-state index >= 15 is 0 Å². The Hall–Kier alpha value is -2.28. The maximum absolute atomic E-state index is 12.5. The summed E-state index contributed by atoms with van der Waals surface area (Å²) in [6, 6.07) is 17.5. The highest BCUT2D eigenvalue weighted by molar-refractivity contribution is 7.89. The van der Waals surface area contributed by atoms with Gasteiger partial charge in [0.05, 0.1) is 10.4 Å². The van der Waals surface area contributed by atoms with Crippen LogP contribution in [0.2, 0.25) is 0 Å². The molecule has 23 heavy (non-hydrogen) atoms. The second-order valence-corrected chi connectivity index (χ2v) is 6.84. The van der Waals surface area contributed by atoms with Crippen LogP contribution in [-0.2, 0) is 16.4 Å². The van der Waals surface area contributed by atoms with Gasteiger partial charge in [-0.1, -0.05) is 36.4 Å². The van der Waals surface area contributed by atoms with Crippen molar-refractivity contribution in [2.75, 3.05) is 0 Å². The average molecular weight is 328 g/mol. The number of sulfonamides is 1. The molecule has 6 heteroatoms. The zero-order chi connectivity index (χ0) is 16.3. The Bertz CT molecular complexity index is 906. The van der Waals surface area contributed by atoms with Crippen molar-refractivity contribution < 1.29 is 13.5 Å². The van der Waals surface area contributed by atoms with Crippen molar-refractivity contribution in [1.29, 1.82) is 0 Å². The zero-order valence-corrected chi connectivity index (χ0v) is 13.1. The Labute approximate surface area is 134 Å². The lowest BCUT2D eigenvalue weighted by Gasteiger charge is -2.14. The molecule has 118 valence electrons. The molecule has 2 aromatic carbocycles. The van der Waals surface area contributed by atoms with Crippen LogP contribution in [0.4, 0.5) is 0 Å². The van der Waals surface area contributed by atoms with Gasteiger partial charge in [-0.2, -0.15) is 4.72 Å². The first-order valence-electron chi connectivity index (χ1n) is 7.14. The van der Waals surface area contributed by atoms with Crippen molar-refractivity contribution in [2.24, 2.45) is 0 Å². The van der Waals surface area contributed by atoms with Gasteiger partial charge in [-0.15, -0.1) is 0 Å². The molecule has 3 rings (SSSR count). The Morgan fingerprint density at radius 3 is 2.57 bits per heavy atom. The summed E-state index contributed by atoms with van der Waals surface area (Å²) in [6.07, 6.45) is 0.605. The molecule has 0 fully saturated rings. The Morgan fingerprint density at radius 1 is 1.00 bits per heavy atom. The fourth-order valence-corrected chi connectivity index (χ4v) is 3.72. The number of nitrogens with one attached hydrogen (secondary N) is 1. The van der Waals surface area contributed by atoms with E-state index in [9.17, 15) is 13.5 Å². The summed E-state index contributed by atoms with van der Waals surface area (Å²) in [6.45, 7) is 0. The topological polar surface area (TPSA) is 79.3 Å². The Morgan fingerprint density at radius 2 is 1.78 bits per heavy atom. The molecule has 1 heterocycles. The Balaban J connectivity index is 1.86. The van der Waals surface area contributed by atoms with Gasteiger partial charge in [0, 0.05) is 18.0 Å². The van der Waals surface area contributed by atoms with Gasteiger partial charge < -0.3 is 5.11 Å². The summed E-state index contributed by atoms with van der Waals surface area (Å²) < 4.78 is 27.4. The first-order valence-corrected chi connectivity index (χ1v) is 8.63. The van der Waals surface area contributed by atoms with Gasteiger partial charge in [-0.05, 0) is 29.8 Å². The monoisotopic (exact) mass is 328 g/mol. The van der Waals surface area contributed by atoms with Crippen LogP contribution in [-0.4, -0.2) is 24.7 Å². The van der Waals surface area contributed by atoms with Crippen molar-refractivity contribution in [1.82, 2.24) is 9.71 Å². The van der Waals surface area contributed by atoms with Gasteiger partial charge in [-0.3, -0.25) is 4.98 Å². The second-order valence-electron chi connectivity index (χ2n) is 5.15. The lowest BCUT2D eigenvalue weighted by molar-refractivity contribution is 0.164. The van der Waals surface area contributed by atoms with Crippen LogP contribution in [0.1, 0.15) is 5.56 Å². The number of nitrogens with zero attached hydrogens (tertiary/aromatic N) is 1. The molecular formula is C17H16N2O3S. The molecule has 0 aliphatic heterocycles. The number of hydrogen-bond acceptors (Lipinski definition) is 4. The van der Waals surface area contributed by atoms with E-state index in [2.05, 4.69) is 9.71 Å². The molecule has 1 unspecified atom stereocenters. The van der Waals surface area contributed by atoms with Crippen LogP contribution in [0.5, 0.6) is 0 Å². The third-order valence-electron chi connectivity index (χ3n) is 3.46. The van der Waals surface area contributed by atoms with E-state index < -0.39 is 16.3 Å². The minimum atomic E-state index is -3.85. The summed E-state index contributed by atoms with van der Waals surface area (Å²) >= 11 is 0. The summed E-state index contributed by atoms with van der Waals surface area (Å²) in [7, 11) is -3.85. The maximum atomic E-state index is 12.5. The van der Waals surface area contributed by atoms with E-state index in [0.717, 1.165) is 5.56 Å². The Kier molecular flexibility index (Phi) is 4.38. The largest absolute Gasteiger partial charge is 0.377 e.